The molecule has 0 aliphatic heterocycles. The molecular weight excluding hydrogens is 250 g/mol. The van der Waals surface area contributed by atoms with E-state index in [1.807, 2.05) is 12.1 Å². The fraction of sp³-hybridized carbons (Fsp3) is 0.571. The van der Waals surface area contributed by atoms with Gasteiger partial charge in [-0.1, -0.05) is 43.9 Å². The molecule has 0 heterocycles. The highest BCUT2D eigenvalue weighted by atomic mass is 35.5. The SMILES string of the molecule is CCCCC[C@H](N)c1ccc(OC)c(OC)c1Cl. The Morgan fingerprint density at radius 3 is 2.50 bits per heavy atom. The van der Waals surface area contributed by atoms with E-state index in [1.54, 1.807) is 14.2 Å². The third-order valence-electron chi connectivity index (χ3n) is 3.03. The van der Waals surface area contributed by atoms with Crippen LogP contribution in [0.4, 0.5) is 0 Å². The van der Waals surface area contributed by atoms with Gasteiger partial charge in [-0.2, -0.15) is 0 Å². The van der Waals surface area contributed by atoms with E-state index in [1.165, 1.54) is 12.8 Å². The third-order valence-corrected chi connectivity index (χ3v) is 3.42. The molecule has 0 unspecified atom stereocenters. The van der Waals surface area contributed by atoms with Crippen molar-refractivity contribution in [2.75, 3.05) is 14.2 Å². The lowest BCUT2D eigenvalue weighted by molar-refractivity contribution is 0.354. The van der Waals surface area contributed by atoms with Gasteiger partial charge in [-0.25, -0.2) is 0 Å². The number of methoxy groups -OCH3 is 2. The van der Waals surface area contributed by atoms with Crippen LogP contribution >= 0.6 is 11.6 Å². The average molecular weight is 272 g/mol. The zero-order valence-corrected chi connectivity index (χ0v) is 12.1. The Morgan fingerprint density at radius 1 is 1.22 bits per heavy atom. The monoisotopic (exact) mass is 271 g/mol. The molecule has 0 bridgehead atoms. The molecule has 0 fully saturated rings. The molecule has 3 nitrogen and oxygen atoms in total. The predicted molar refractivity (Wildman–Crippen MR) is 75.6 cm³/mol. The molecule has 0 aliphatic rings. The van der Waals surface area contributed by atoms with Crippen molar-refractivity contribution in [3.05, 3.63) is 22.7 Å². The topological polar surface area (TPSA) is 44.5 Å². The predicted octanol–water partition coefficient (Wildman–Crippen LogP) is 3.94. The first-order valence-electron chi connectivity index (χ1n) is 6.31. The molecule has 102 valence electrons. The van der Waals surface area contributed by atoms with Crippen LogP contribution < -0.4 is 15.2 Å². The van der Waals surface area contributed by atoms with Crippen LogP contribution in [0.25, 0.3) is 0 Å². The van der Waals surface area contributed by atoms with Crippen molar-refractivity contribution in [3.8, 4) is 11.5 Å². The molecule has 0 aromatic heterocycles. The summed E-state index contributed by atoms with van der Waals surface area (Å²) in [5.74, 6) is 1.19. The number of ether oxygens (including phenoxy) is 2. The van der Waals surface area contributed by atoms with Crippen molar-refractivity contribution in [2.45, 2.75) is 38.6 Å². The molecule has 4 heteroatoms. The molecular formula is C14H22ClNO2. The van der Waals surface area contributed by atoms with Gasteiger partial charge in [-0.05, 0) is 18.1 Å². The zero-order chi connectivity index (χ0) is 13.5. The quantitative estimate of drug-likeness (QED) is 0.764. The number of nitrogens with two attached hydrogens (primary N) is 1. The van der Waals surface area contributed by atoms with Crippen LogP contribution in [0.5, 0.6) is 11.5 Å². The van der Waals surface area contributed by atoms with E-state index in [0.29, 0.717) is 16.5 Å². The summed E-state index contributed by atoms with van der Waals surface area (Å²) in [6.45, 7) is 2.18. The Morgan fingerprint density at radius 2 is 1.94 bits per heavy atom. The third kappa shape index (κ3) is 3.53. The van der Waals surface area contributed by atoms with Crippen LogP contribution in [0.2, 0.25) is 5.02 Å². The van der Waals surface area contributed by atoms with Gasteiger partial charge < -0.3 is 15.2 Å². The van der Waals surface area contributed by atoms with Crippen LogP contribution in [0.1, 0.15) is 44.2 Å². The summed E-state index contributed by atoms with van der Waals surface area (Å²) >= 11 is 6.32. The summed E-state index contributed by atoms with van der Waals surface area (Å²) in [5, 5.41) is 0.556. The van der Waals surface area contributed by atoms with Gasteiger partial charge in [-0.3, -0.25) is 0 Å². The van der Waals surface area contributed by atoms with Crippen LogP contribution in [0.3, 0.4) is 0 Å². The van der Waals surface area contributed by atoms with Gasteiger partial charge in [-0.15, -0.1) is 0 Å². The lowest BCUT2D eigenvalue weighted by Gasteiger charge is -2.17. The maximum Gasteiger partial charge on any atom is 0.179 e. The number of hydrogen-bond acceptors (Lipinski definition) is 3. The van der Waals surface area contributed by atoms with Crippen molar-refractivity contribution in [2.24, 2.45) is 5.73 Å². The molecule has 0 saturated carbocycles. The van der Waals surface area contributed by atoms with E-state index in [-0.39, 0.29) is 6.04 Å². The van der Waals surface area contributed by atoms with E-state index in [2.05, 4.69) is 6.92 Å². The van der Waals surface area contributed by atoms with E-state index < -0.39 is 0 Å². The number of benzene rings is 1. The Balaban J connectivity index is 2.89. The number of halogens is 1. The minimum absolute atomic E-state index is 0.0520. The normalized spacial score (nSPS) is 12.3. The van der Waals surface area contributed by atoms with E-state index in [4.69, 9.17) is 26.8 Å². The van der Waals surface area contributed by atoms with E-state index >= 15 is 0 Å². The zero-order valence-electron chi connectivity index (χ0n) is 11.3. The first-order chi connectivity index (χ1) is 8.65. The molecule has 0 saturated heterocycles. The summed E-state index contributed by atoms with van der Waals surface area (Å²) in [6, 6.07) is 3.71. The molecule has 0 aliphatic carbocycles. The van der Waals surface area contributed by atoms with Gasteiger partial charge in [0.1, 0.15) is 0 Å². The largest absolute Gasteiger partial charge is 0.493 e. The molecule has 18 heavy (non-hydrogen) atoms. The van der Waals surface area contributed by atoms with Crippen molar-refractivity contribution in [1.82, 2.24) is 0 Å². The molecule has 1 atom stereocenters. The summed E-state index contributed by atoms with van der Waals surface area (Å²) in [5.41, 5.74) is 7.09. The Bertz CT molecular complexity index is 382. The standard InChI is InChI=1S/C14H22ClNO2/c1-4-5-6-7-11(16)10-8-9-12(17-2)14(18-3)13(10)15/h8-9,11H,4-7,16H2,1-3H3/t11-/m0/s1. The average Bonchev–Trinajstić information content (AvgIpc) is 2.38. The first kappa shape index (κ1) is 15.1. The smallest absolute Gasteiger partial charge is 0.179 e. The van der Waals surface area contributed by atoms with Gasteiger partial charge in [0, 0.05) is 6.04 Å². The van der Waals surface area contributed by atoms with Gasteiger partial charge in [0.2, 0.25) is 0 Å². The maximum absolute atomic E-state index is 6.32. The fourth-order valence-corrected chi connectivity index (χ4v) is 2.33. The summed E-state index contributed by atoms with van der Waals surface area (Å²) in [7, 11) is 3.17. The van der Waals surface area contributed by atoms with Crippen molar-refractivity contribution in [1.29, 1.82) is 0 Å². The molecule has 0 radical (unpaired) electrons. The lowest BCUT2D eigenvalue weighted by Crippen LogP contribution is -2.11. The lowest BCUT2D eigenvalue weighted by atomic mass is 10.0. The molecule has 0 spiro atoms. The minimum Gasteiger partial charge on any atom is -0.493 e. The van der Waals surface area contributed by atoms with Crippen LogP contribution in [0.15, 0.2) is 12.1 Å². The Hall–Kier alpha value is -0.930. The maximum atomic E-state index is 6.32. The Labute approximate surface area is 114 Å². The number of rotatable bonds is 7. The summed E-state index contributed by atoms with van der Waals surface area (Å²) in [6.07, 6.45) is 4.43. The summed E-state index contributed by atoms with van der Waals surface area (Å²) < 4.78 is 10.5. The fourth-order valence-electron chi connectivity index (χ4n) is 1.96. The van der Waals surface area contributed by atoms with Crippen LogP contribution in [-0.4, -0.2) is 14.2 Å². The second kappa shape index (κ2) is 7.49. The van der Waals surface area contributed by atoms with Crippen molar-refractivity contribution < 1.29 is 9.47 Å². The second-order valence-electron chi connectivity index (χ2n) is 4.31. The van der Waals surface area contributed by atoms with Crippen LogP contribution in [0, 0.1) is 0 Å². The molecule has 0 amide bonds. The highest BCUT2D eigenvalue weighted by Gasteiger charge is 2.17. The van der Waals surface area contributed by atoms with E-state index in [0.717, 1.165) is 18.4 Å². The molecule has 1 rings (SSSR count). The number of hydrogen-bond donors (Lipinski definition) is 1. The molecule has 2 N–H and O–H groups in total. The van der Waals surface area contributed by atoms with Gasteiger partial charge in [0.15, 0.2) is 11.5 Å². The molecule has 1 aromatic rings. The van der Waals surface area contributed by atoms with Gasteiger partial charge in [0.25, 0.3) is 0 Å². The second-order valence-corrected chi connectivity index (χ2v) is 4.68. The Kier molecular flexibility index (Phi) is 6.30. The van der Waals surface area contributed by atoms with Gasteiger partial charge >= 0.3 is 0 Å². The van der Waals surface area contributed by atoms with Crippen LogP contribution in [-0.2, 0) is 0 Å². The first-order valence-corrected chi connectivity index (χ1v) is 6.69. The summed E-state index contributed by atoms with van der Waals surface area (Å²) in [4.78, 5) is 0. The van der Waals surface area contributed by atoms with Crippen molar-refractivity contribution >= 4 is 11.6 Å². The van der Waals surface area contributed by atoms with Crippen molar-refractivity contribution in [3.63, 3.8) is 0 Å². The minimum atomic E-state index is -0.0520. The molecule has 1 aromatic carbocycles. The van der Waals surface area contributed by atoms with Gasteiger partial charge in [0.05, 0.1) is 19.2 Å². The number of unbranched alkanes of at least 4 members (excludes halogenated alkanes) is 2. The highest BCUT2D eigenvalue weighted by molar-refractivity contribution is 6.33. The highest BCUT2D eigenvalue weighted by Crippen LogP contribution is 2.39. The van der Waals surface area contributed by atoms with E-state index in [9.17, 15) is 0 Å².